The van der Waals surface area contributed by atoms with Gasteiger partial charge in [0.05, 0.1) is 12.6 Å². The molecule has 0 spiro atoms. The summed E-state index contributed by atoms with van der Waals surface area (Å²) >= 11 is 1.44. The van der Waals surface area contributed by atoms with Gasteiger partial charge < -0.3 is 4.74 Å². The third-order valence-electron chi connectivity index (χ3n) is 1.12. The highest BCUT2D eigenvalue weighted by Gasteiger charge is 2.10. The Labute approximate surface area is 63.4 Å². The lowest BCUT2D eigenvalue weighted by Crippen LogP contribution is -2.13. The van der Waals surface area contributed by atoms with Crippen molar-refractivity contribution in [3.63, 3.8) is 0 Å². The lowest BCUT2D eigenvalue weighted by atomic mass is 10.1. The van der Waals surface area contributed by atoms with Gasteiger partial charge in [-0.2, -0.15) is 0 Å². The van der Waals surface area contributed by atoms with Gasteiger partial charge in [-0.25, -0.2) is 9.78 Å². The molecule has 0 atom stereocenters. The topological polar surface area (TPSA) is 39.2 Å². The third kappa shape index (κ3) is 1.18. The van der Waals surface area contributed by atoms with Gasteiger partial charge in [0, 0.05) is 0 Å². The molecule has 0 radical (unpaired) electrons. The predicted octanol–water partition coefficient (Wildman–Crippen LogP) is -0.812. The van der Waals surface area contributed by atoms with Crippen molar-refractivity contribution < 1.29 is 9.53 Å². The molecule has 0 saturated carbocycles. The molecule has 0 amide bonds. The molecule has 0 saturated heterocycles. The van der Waals surface area contributed by atoms with Gasteiger partial charge in [0.1, 0.15) is 0 Å². The highest BCUT2D eigenvalue weighted by atomic mass is 32.1. The minimum absolute atomic E-state index is 0.362. The highest BCUT2D eigenvalue weighted by Crippen LogP contribution is 1.96. The Bertz CT molecular complexity index is 248. The molecule has 3 nitrogen and oxygen atoms in total. The van der Waals surface area contributed by atoms with E-state index in [-0.39, 0.29) is 5.97 Å². The van der Waals surface area contributed by atoms with Crippen LogP contribution in [0.3, 0.4) is 0 Å². The maximum Gasteiger partial charge on any atom is 0.356 e. The molecule has 0 aliphatic rings. The van der Waals surface area contributed by atoms with E-state index in [1.54, 1.807) is 5.51 Å². The van der Waals surface area contributed by atoms with Crippen molar-refractivity contribution >= 4 is 29.9 Å². The SMILES string of the molecule is Bc1scnc1C(=O)OC. The van der Waals surface area contributed by atoms with Crippen LogP contribution in [0.25, 0.3) is 0 Å². The maximum absolute atomic E-state index is 10.8. The van der Waals surface area contributed by atoms with Crippen molar-refractivity contribution in [1.82, 2.24) is 4.98 Å². The number of methoxy groups -OCH3 is 1. The summed E-state index contributed by atoms with van der Waals surface area (Å²) in [6.45, 7) is 0. The Balaban J connectivity index is 2.93. The molecule has 0 unspecified atom stereocenters. The summed E-state index contributed by atoms with van der Waals surface area (Å²) in [5, 5.41) is 0. The van der Waals surface area contributed by atoms with Gasteiger partial charge in [-0.05, 0) is 4.78 Å². The first-order valence-corrected chi connectivity index (χ1v) is 3.62. The molecule has 10 heavy (non-hydrogen) atoms. The molecule has 5 heteroatoms. The summed E-state index contributed by atoms with van der Waals surface area (Å²) in [5.41, 5.74) is 2.05. The Morgan fingerprint density at radius 3 is 3.00 bits per heavy atom. The first-order chi connectivity index (χ1) is 4.75. The number of rotatable bonds is 1. The highest BCUT2D eigenvalue weighted by molar-refractivity contribution is 7.18. The van der Waals surface area contributed by atoms with Crippen LogP contribution in [0, 0.1) is 0 Å². The summed E-state index contributed by atoms with van der Waals surface area (Å²) < 4.78 is 5.38. The second kappa shape index (κ2) is 2.83. The lowest BCUT2D eigenvalue weighted by Gasteiger charge is -1.93. The second-order valence-corrected chi connectivity index (χ2v) is 2.81. The second-order valence-electron chi connectivity index (χ2n) is 1.75. The minimum atomic E-state index is -0.362. The van der Waals surface area contributed by atoms with E-state index in [9.17, 15) is 4.79 Å². The van der Waals surface area contributed by atoms with Crippen molar-refractivity contribution in [2.24, 2.45) is 0 Å². The molecule has 1 heterocycles. The van der Waals surface area contributed by atoms with Crippen LogP contribution in [0.4, 0.5) is 0 Å². The van der Waals surface area contributed by atoms with E-state index in [0.717, 1.165) is 4.78 Å². The van der Waals surface area contributed by atoms with Crippen LogP contribution in [0.15, 0.2) is 5.51 Å². The summed E-state index contributed by atoms with van der Waals surface area (Å²) in [7, 11) is 3.19. The Morgan fingerprint density at radius 2 is 2.60 bits per heavy atom. The Morgan fingerprint density at radius 1 is 1.90 bits per heavy atom. The quantitative estimate of drug-likeness (QED) is 0.393. The summed E-state index contributed by atoms with van der Waals surface area (Å²) in [6, 6.07) is 0. The van der Waals surface area contributed by atoms with Crippen LogP contribution < -0.4 is 4.78 Å². The molecule has 1 aromatic rings. The molecular weight excluding hydrogens is 149 g/mol. The van der Waals surface area contributed by atoms with Gasteiger partial charge in [-0.15, -0.1) is 11.3 Å². The number of esters is 1. The molecule has 0 aliphatic carbocycles. The van der Waals surface area contributed by atoms with Gasteiger partial charge in [0.15, 0.2) is 13.5 Å². The average molecular weight is 155 g/mol. The molecule has 52 valence electrons. The summed E-state index contributed by atoms with van der Waals surface area (Å²) in [4.78, 5) is 14.6. The number of carbonyl (C=O) groups is 1. The first kappa shape index (κ1) is 7.27. The Hall–Kier alpha value is -0.835. The maximum atomic E-state index is 10.8. The number of hydrogen-bond donors (Lipinski definition) is 0. The Kier molecular flexibility index (Phi) is 2.06. The zero-order valence-corrected chi connectivity index (χ0v) is 6.57. The molecular formula is C5H6BNO2S. The monoisotopic (exact) mass is 155 g/mol. The van der Waals surface area contributed by atoms with Crippen molar-refractivity contribution in [3.8, 4) is 0 Å². The number of carbonyl (C=O) groups excluding carboxylic acids is 1. The largest absolute Gasteiger partial charge is 0.464 e. The predicted molar refractivity (Wildman–Crippen MR) is 41.6 cm³/mol. The van der Waals surface area contributed by atoms with Crippen molar-refractivity contribution in [2.75, 3.05) is 7.11 Å². The van der Waals surface area contributed by atoms with Crippen molar-refractivity contribution in [2.45, 2.75) is 0 Å². The average Bonchev–Trinajstić information content (AvgIpc) is 2.34. The van der Waals surface area contributed by atoms with Gasteiger partial charge in [-0.1, -0.05) is 0 Å². The number of nitrogens with zero attached hydrogens (tertiary/aromatic N) is 1. The van der Waals surface area contributed by atoms with E-state index in [4.69, 9.17) is 0 Å². The van der Waals surface area contributed by atoms with Gasteiger partial charge in [0.2, 0.25) is 0 Å². The zero-order chi connectivity index (χ0) is 7.56. The standard InChI is InChI=1S/C5H6BNO2S/c1-9-5(8)3-4(6)10-2-7-3/h2H,6H2,1H3. The number of thiazole rings is 1. The number of aromatic nitrogens is 1. The van der Waals surface area contributed by atoms with Crippen molar-refractivity contribution in [3.05, 3.63) is 11.2 Å². The molecule has 1 rings (SSSR count). The molecule has 0 N–H and O–H groups in total. The van der Waals surface area contributed by atoms with Gasteiger partial charge in [0.25, 0.3) is 0 Å². The van der Waals surface area contributed by atoms with E-state index in [0.29, 0.717) is 5.69 Å². The summed E-state index contributed by atoms with van der Waals surface area (Å²) in [5.74, 6) is -0.362. The van der Waals surface area contributed by atoms with E-state index < -0.39 is 0 Å². The molecule has 0 fully saturated rings. The van der Waals surface area contributed by atoms with Crippen LogP contribution >= 0.6 is 11.3 Å². The van der Waals surface area contributed by atoms with Gasteiger partial charge >= 0.3 is 5.97 Å². The zero-order valence-electron chi connectivity index (χ0n) is 5.75. The molecule has 0 aliphatic heterocycles. The normalized spacial score (nSPS) is 9.30. The number of ether oxygens (including phenoxy) is 1. The van der Waals surface area contributed by atoms with Crippen LogP contribution in [-0.4, -0.2) is 25.9 Å². The van der Waals surface area contributed by atoms with Gasteiger partial charge in [-0.3, -0.25) is 0 Å². The summed E-state index contributed by atoms with van der Waals surface area (Å²) in [6.07, 6.45) is 0. The lowest BCUT2D eigenvalue weighted by molar-refractivity contribution is 0.0596. The van der Waals surface area contributed by atoms with Crippen LogP contribution in [0.1, 0.15) is 10.5 Å². The van der Waals surface area contributed by atoms with Crippen LogP contribution in [0.2, 0.25) is 0 Å². The number of hydrogen-bond acceptors (Lipinski definition) is 4. The molecule has 0 aromatic carbocycles. The minimum Gasteiger partial charge on any atom is -0.464 e. The fraction of sp³-hybridized carbons (Fsp3) is 0.200. The fourth-order valence-electron chi connectivity index (χ4n) is 0.598. The van der Waals surface area contributed by atoms with E-state index in [1.165, 1.54) is 18.4 Å². The van der Waals surface area contributed by atoms with Crippen LogP contribution in [0.5, 0.6) is 0 Å². The van der Waals surface area contributed by atoms with Crippen LogP contribution in [-0.2, 0) is 4.74 Å². The van der Waals surface area contributed by atoms with E-state index >= 15 is 0 Å². The molecule has 0 bridgehead atoms. The van der Waals surface area contributed by atoms with E-state index in [2.05, 4.69) is 9.72 Å². The third-order valence-corrected chi connectivity index (χ3v) is 1.88. The van der Waals surface area contributed by atoms with Crippen molar-refractivity contribution in [1.29, 1.82) is 0 Å². The molecule has 1 aromatic heterocycles. The van der Waals surface area contributed by atoms with E-state index in [1.807, 2.05) is 7.85 Å². The first-order valence-electron chi connectivity index (χ1n) is 2.74. The fourth-order valence-corrected chi connectivity index (χ4v) is 1.16. The smallest absolute Gasteiger partial charge is 0.356 e.